The van der Waals surface area contributed by atoms with E-state index in [0.29, 0.717) is 11.3 Å². The first-order valence-electron chi connectivity index (χ1n) is 10.1. The summed E-state index contributed by atoms with van der Waals surface area (Å²) < 4.78 is 26.1. The summed E-state index contributed by atoms with van der Waals surface area (Å²) in [5.74, 6) is -0.168. The maximum atomic E-state index is 12.6. The molecule has 0 saturated heterocycles. The van der Waals surface area contributed by atoms with Crippen LogP contribution in [0.15, 0.2) is 72.8 Å². The van der Waals surface area contributed by atoms with Crippen molar-refractivity contribution < 1.29 is 13.2 Å². The second-order valence-electron chi connectivity index (χ2n) is 7.91. The number of sulfonamides is 1. The summed E-state index contributed by atoms with van der Waals surface area (Å²) in [7, 11) is -3.45. The number of hydrogen-bond donors (Lipinski definition) is 1. The summed E-state index contributed by atoms with van der Waals surface area (Å²) >= 11 is 0. The number of aryl methyl sites for hydroxylation is 2. The van der Waals surface area contributed by atoms with Crippen LogP contribution in [0.2, 0.25) is 0 Å². The molecule has 0 aliphatic heterocycles. The lowest BCUT2D eigenvalue weighted by Gasteiger charge is -2.23. The Kier molecular flexibility index (Phi) is 6.81. The fourth-order valence-electron chi connectivity index (χ4n) is 3.33. The first-order chi connectivity index (χ1) is 14.6. The third-order valence-electron chi connectivity index (χ3n) is 5.16. The molecule has 0 bridgehead atoms. The van der Waals surface area contributed by atoms with Gasteiger partial charge in [-0.25, -0.2) is 8.42 Å². The maximum absolute atomic E-state index is 12.6. The number of hydrogen-bond acceptors (Lipinski definition) is 3. The van der Waals surface area contributed by atoms with Crippen molar-refractivity contribution in [3.63, 3.8) is 0 Å². The van der Waals surface area contributed by atoms with Crippen molar-refractivity contribution >= 4 is 21.6 Å². The fourth-order valence-corrected chi connectivity index (χ4v) is 4.21. The SMILES string of the molecule is Cc1ccc([C@H](C)NC(=O)c2ccc(CN(c3cccc(C)c3)S(C)(=O)=O)cc2)cc1. The zero-order chi connectivity index (χ0) is 22.6. The van der Waals surface area contributed by atoms with Crippen molar-refractivity contribution in [2.24, 2.45) is 0 Å². The minimum Gasteiger partial charge on any atom is -0.346 e. The summed E-state index contributed by atoms with van der Waals surface area (Å²) in [4.78, 5) is 12.6. The van der Waals surface area contributed by atoms with Gasteiger partial charge in [0.2, 0.25) is 10.0 Å². The van der Waals surface area contributed by atoms with E-state index in [1.807, 2.05) is 63.2 Å². The number of amides is 1. The van der Waals surface area contributed by atoms with Crippen LogP contribution in [-0.2, 0) is 16.6 Å². The van der Waals surface area contributed by atoms with Gasteiger partial charge < -0.3 is 5.32 Å². The highest BCUT2D eigenvalue weighted by atomic mass is 32.2. The molecule has 3 rings (SSSR count). The molecule has 1 amide bonds. The summed E-state index contributed by atoms with van der Waals surface area (Å²) in [5, 5.41) is 3.00. The van der Waals surface area contributed by atoms with Gasteiger partial charge in [-0.3, -0.25) is 9.10 Å². The maximum Gasteiger partial charge on any atom is 0.251 e. The van der Waals surface area contributed by atoms with Crippen molar-refractivity contribution in [3.8, 4) is 0 Å². The molecular weight excluding hydrogens is 408 g/mol. The zero-order valence-corrected chi connectivity index (χ0v) is 19.1. The Morgan fingerprint density at radius 3 is 2.16 bits per heavy atom. The molecule has 3 aromatic carbocycles. The molecule has 0 aliphatic carbocycles. The Morgan fingerprint density at radius 2 is 1.58 bits per heavy atom. The van der Waals surface area contributed by atoms with Crippen molar-refractivity contribution in [2.45, 2.75) is 33.4 Å². The predicted molar refractivity (Wildman–Crippen MR) is 126 cm³/mol. The molecule has 1 atom stereocenters. The van der Waals surface area contributed by atoms with Crippen LogP contribution in [-0.4, -0.2) is 20.6 Å². The molecule has 1 N–H and O–H groups in total. The Bertz CT molecular complexity index is 1150. The van der Waals surface area contributed by atoms with Crippen molar-refractivity contribution in [3.05, 3.63) is 101 Å². The summed E-state index contributed by atoms with van der Waals surface area (Å²) in [6.45, 7) is 6.10. The van der Waals surface area contributed by atoms with Gasteiger partial charge in [-0.1, -0.05) is 54.1 Å². The second kappa shape index (κ2) is 9.35. The molecule has 31 heavy (non-hydrogen) atoms. The van der Waals surface area contributed by atoms with Crippen LogP contribution in [0.3, 0.4) is 0 Å². The quantitative estimate of drug-likeness (QED) is 0.581. The lowest BCUT2D eigenvalue weighted by atomic mass is 10.1. The van der Waals surface area contributed by atoms with E-state index < -0.39 is 10.0 Å². The fraction of sp³-hybridized carbons (Fsp3) is 0.240. The second-order valence-corrected chi connectivity index (χ2v) is 9.82. The summed E-state index contributed by atoms with van der Waals surface area (Å²) in [6.07, 6.45) is 1.20. The smallest absolute Gasteiger partial charge is 0.251 e. The van der Waals surface area contributed by atoms with Crippen molar-refractivity contribution in [1.29, 1.82) is 0 Å². The lowest BCUT2D eigenvalue weighted by molar-refractivity contribution is 0.0940. The number of carbonyl (C=O) groups excluding carboxylic acids is 1. The molecule has 0 radical (unpaired) electrons. The third-order valence-corrected chi connectivity index (χ3v) is 6.30. The number of carbonyl (C=O) groups is 1. The molecule has 0 saturated carbocycles. The van der Waals surface area contributed by atoms with Crippen molar-refractivity contribution in [2.75, 3.05) is 10.6 Å². The minimum absolute atomic E-state index is 0.116. The molecular formula is C25H28N2O3S. The van der Waals surface area contributed by atoms with Gasteiger partial charge in [0.05, 0.1) is 24.5 Å². The third kappa shape index (κ3) is 5.95. The van der Waals surface area contributed by atoms with Gasteiger partial charge in [-0.2, -0.15) is 0 Å². The molecule has 0 aromatic heterocycles. The monoisotopic (exact) mass is 436 g/mol. The van der Waals surface area contributed by atoms with Gasteiger partial charge >= 0.3 is 0 Å². The predicted octanol–water partition coefficient (Wildman–Crippen LogP) is 4.76. The van der Waals surface area contributed by atoms with Gasteiger partial charge in [0.1, 0.15) is 0 Å². The van der Waals surface area contributed by atoms with E-state index >= 15 is 0 Å². The van der Waals surface area contributed by atoms with Gasteiger partial charge in [0, 0.05) is 5.56 Å². The lowest BCUT2D eigenvalue weighted by Crippen LogP contribution is -2.29. The van der Waals surface area contributed by atoms with Crippen LogP contribution in [0.25, 0.3) is 0 Å². The highest BCUT2D eigenvalue weighted by Crippen LogP contribution is 2.22. The Hall–Kier alpha value is -3.12. The largest absolute Gasteiger partial charge is 0.346 e. The van der Waals surface area contributed by atoms with E-state index in [0.717, 1.165) is 16.7 Å². The van der Waals surface area contributed by atoms with Gasteiger partial charge in [0.15, 0.2) is 0 Å². The van der Waals surface area contributed by atoms with Crippen LogP contribution in [0.4, 0.5) is 5.69 Å². The Balaban J connectivity index is 1.72. The van der Waals surface area contributed by atoms with E-state index in [1.54, 1.807) is 30.3 Å². The number of nitrogens with one attached hydrogen (secondary N) is 1. The number of rotatable bonds is 7. The Labute approximate surface area is 184 Å². The van der Waals surface area contributed by atoms with E-state index in [2.05, 4.69) is 5.32 Å². The van der Waals surface area contributed by atoms with Gasteiger partial charge in [0.25, 0.3) is 5.91 Å². The minimum atomic E-state index is -3.45. The van der Waals surface area contributed by atoms with E-state index in [-0.39, 0.29) is 18.5 Å². The number of nitrogens with zero attached hydrogens (tertiary/aromatic N) is 1. The first-order valence-corrected chi connectivity index (χ1v) is 12.0. The molecule has 6 heteroatoms. The number of anilines is 1. The van der Waals surface area contributed by atoms with Crippen LogP contribution in [0.5, 0.6) is 0 Å². The van der Waals surface area contributed by atoms with Crippen LogP contribution in [0.1, 0.15) is 45.6 Å². The first kappa shape index (κ1) is 22.6. The number of benzene rings is 3. The van der Waals surface area contributed by atoms with Crippen molar-refractivity contribution in [1.82, 2.24) is 5.32 Å². The highest BCUT2D eigenvalue weighted by Gasteiger charge is 2.18. The molecule has 5 nitrogen and oxygen atoms in total. The molecule has 0 aliphatic rings. The topological polar surface area (TPSA) is 66.5 Å². The standard InChI is InChI=1S/C25H28N2O3S/c1-18-8-12-22(13-9-18)20(3)26-25(28)23-14-10-21(11-15-23)17-27(31(4,29)30)24-7-5-6-19(2)16-24/h5-16,20H,17H2,1-4H3,(H,26,28)/t20-/m0/s1. The van der Waals surface area contributed by atoms with E-state index in [4.69, 9.17) is 0 Å². The molecule has 0 heterocycles. The van der Waals surface area contributed by atoms with Crippen LogP contribution in [0, 0.1) is 13.8 Å². The zero-order valence-electron chi connectivity index (χ0n) is 18.3. The molecule has 162 valence electrons. The van der Waals surface area contributed by atoms with Crippen LogP contribution < -0.4 is 9.62 Å². The average Bonchev–Trinajstić information content (AvgIpc) is 2.72. The Morgan fingerprint density at radius 1 is 0.935 bits per heavy atom. The normalized spacial score (nSPS) is 12.3. The molecule has 3 aromatic rings. The molecule has 0 unspecified atom stereocenters. The van der Waals surface area contributed by atoms with Gasteiger partial charge in [-0.05, 0) is 61.7 Å². The summed E-state index contributed by atoms with van der Waals surface area (Å²) in [5.41, 5.74) is 5.15. The summed E-state index contributed by atoms with van der Waals surface area (Å²) in [6, 6.07) is 22.4. The van der Waals surface area contributed by atoms with E-state index in [1.165, 1.54) is 16.1 Å². The average molecular weight is 437 g/mol. The molecule has 0 fully saturated rings. The molecule has 0 spiro atoms. The highest BCUT2D eigenvalue weighted by molar-refractivity contribution is 7.92. The van der Waals surface area contributed by atoms with Gasteiger partial charge in [-0.15, -0.1) is 0 Å². The van der Waals surface area contributed by atoms with E-state index in [9.17, 15) is 13.2 Å². The van der Waals surface area contributed by atoms with Crippen LogP contribution >= 0.6 is 0 Å².